The predicted molar refractivity (Wildman–Crippen MR) is 112 cm³/mol. The van der Waals surface area contributed by atoms with Crippen molar-refractivity contribution in [1.29, 1.82) is 0 Å². The fourth-order valence-corrected chi connectivity index (χ4v) is 1.84. The monoisotopic (exact) mass is 527 g/mol. The SMILES string of the molecule is CC(C)(C)C(=O)C(F)C(=O)C(C)(C)C(=O)O.CC(C)(C)C(=O)C(F)C(=O)C(C)(C)C(=O)O.[Cu]. The number of carboxylic acid groups (broad SMARTS) is 2. The van der Waals surface area contributed by atoms with E-state index in [2.05, 4.69) is 0 Å². The maximum atomic E-state index is 13.6. The van der Waals surface area contributed by atoms with Crippen LogP contribution < -0.4 is 0 Å². The van der Waals surface area contributed by atoms with Crippen LogP contribution in [0.5, 0.6) is 0 Å². The van der Waals surface area contributed by atoms with Crippen LogP contribution in [0.3, 0.4) is 0 Å². The summed E-state index contributed by atoms with van der Waals surface area (Å²) >= 11 is 0. The van der Waals surface area contributed by atoms with Crippen LogP contribution in [0.2, 0.25) is 0 Å². The molecular formula is C22H34CuF2O8. The molecule has 2 N–H and O–H groups in total. The number of rotatable bonds is 8. The summed E-state index contributed by atoms with van der Waals surface area (Å²) in [4.78, 5) is 67.5. The van der Waals surface area contributed by atoms with Crippen LogP contribution in [0, 0.1) is 21.7 Å². The summed E-state index contributed by atoms with van der Waals surface area (Å²) in [6.07, 6.45) is -4.77. The van der Waals surface area contributed by atoms with Crippen molar-refractivity contribution in [2.24, 2.45) is 21.7 Å². The number of carbonyl (C=O) groups is 6. The molecule has 2 unspecified atom stereocenters. The molecule has 0 aliphatic rings. The Balaban J connectivity index is -0.000000529. The normalized spacial score (nSPS) is 13.9. The number of Topliss-reactive ketones (excluding diaryl/α,β-unsaturated/α-hetero) is 4. The molecule has 0 bridgehead atoms. The van der Waals surface area contributed by atoms with Gasteiger partial charge in [-0.15, -0.1) is 0 Å². The topological polar surface area (TPSA) is 143 Å². The van der Waals surface area contributed by atoms with Gasteiger partial charge in [-0.2, -0.15) is 0 Å². The van der Waals surface area contributed by atoms with Crippen molar-refractivity contribution in [3.63, 3.8) is 0 Å². The second kappa shape index (κ2) is 11.9. The van der Waals surface area contributed by atoms with E-state index in [1.807, 2.05) is 0 Å². The van der Waals surface area contributed by atoms with Gasteiger partial charge >= 0.3 is 11.9 Å². The first-order chi connectivity index (χ1) is 13.8. The van der Waals surface area contributed by atoms with Crippen LogP contribution in [-0.4, -0.2) is 57.6 Å². The number of hydrogen-bond donors (Lipinski definition) is 2. The third-order valence-electron chi connectivity index (χ3n) is 4.70. The number of aliphatic carboxylic acids is 2. The van der Waals surface area contributed by atoms with Gasteiger partial charge in [0.05, 0.1) is 0 Å². The van der Waals surface area contributed by atoms with Crippen molar-refractivity contribution in [2.45, 2.75) is 81.6 Å². The van der Waals surface area contributed by atoms with Gasteiger partial charge in [0, 0.05) is 27.9 Å². The average molecular weight is 528 g/mol. The molecule has 0 aliphatic heterocycles. The van der Waals surface area contributed by atoms with Gasteiger partial charge in [-0.3, -0.25) is 28.8 Å². The summed E-state index contributed by atoms with van der Waals surface area (Å²) in [5, 5.41) is 17.5. The zero-order valence-corrected chi connectivity index (χ0v) is 21.5. The molecule has 0 fully saturated rings. The van der Waals surface area contributed by atoms with Crippen LogP contribution in [0.15, 0.2) is 0 Å². The molecule has 0 rings (SSSR count). The summed E-state index contributed by atoms with van der Waals surface area (Å²) in [5.74, 6) is -7.10. The Bertz CT molecular complexity index is 723. The van der Waals surface area contributed by atoms with Crippen molar-refractivity contribution in [3.05, 3.63) is 0 Å². The molecule has 0 saturated heterocycles. The minimum absolute atomic E-state index is 0. The zero-order valence-electron chi connectivity index (χ0n) is 20.6. The fraction of sp³-hybridized carbons (Fsp3) is 0.727. The van der Waals surface area contributed by atoms with E-state index in [4.69, 9.17) is 10.2 Å². The first-order valence-corrected chi connectivity index (χ1v) is 9.76. The summed E-state index contributed by atoms with van der Waals surface area (Å²) < 4.78 is 27.2. The number of ketones is 4. The first-order valence-electron chi connectivity index (χ1n) is 9.76. The summed E-state index contributed by atoms with van der Waals surface area (Å²) in [7, 11) is 0. The molecule has 11 heteroatoms. The molecular weight excluding hydrogens is 494 g/mol. The molecule has 0 aromatic carbocycles. The number of alkyl halides is 2. The van der Waals surface area contributed by atoms with Gasteiger partial charge in [0.15, 0.2) is 23.1 Å². The standard InChI is InChI=1S/2C11H17FO4.Cu/c2*1-10(2,3)7(13)6(12)8(14)11(4,5)9(15)16;/h2*6H,1-5H3,(H,15,16);. The first kappa shape index (κ1) is 35.6. The average Bonchev–Trinajstić information content (AvgIpc) is 2.62. The number of halogens is 2. The molecule has 0 heterocycles. The molecule has 2 atom stereocenters. The minimum atomic E-state index is -2.38. The van der Waals surface area contributed by atoms with Crippen LogP contribution in [0.25, 0.3) is 0 Å². The molecule has 0 aliphatic carbocycles. The second-order valence-corrected chi connectivity index (χ2v) is 10.5. The maximum absolute atomic E-state index is 13.6. The fourth-order valence-electron chi connectivity index (χ4n) is 1.84. The molecule has 8 nitrogen and oxygen atoms in total. The summed E-state index contributed by atoms with van der Waals surface area (Å²) in [6.45, 7) is 13.2. The molecule has 33 heavy (non-hydrogen) atoms. The molecule has 0 amide bonds. The molecule has 0 aromatic heterocycles. The van der Waals surface area contributed by atoms with Crippen molar-refractivity contribution >= 4 is 35.1 Å². The van der Waals surface area contributed by atoms with Gasteiger partial charge in [0.25, 0.3) is 0 Å². The number of carboxylic acids is 2. The Morgan fingerprint density at radius 2 is 0.697 bits per heavy atom. The van der Waals surface area contributed by atoms with E-state index >= 15 is 0 Å². The minimum Gasteiger partial charge on any atom is -0.481 e. The van der Waals surface area contributed by atoms with Crippen molar-refractivity contribution in [3.8, 4) is 0 Å². The Morgan fingerprint density at radius 1 is 0.515 bits per heavy atom. The Hall–Kier alpha value is -2.00. The van der Waals surface area contributed by atoms with Crippen molar-refractivity contribution in [2.75, 3.05) is 0 Å². The maximum Gasteiger partial charge on any atom is 0.316 e. The summed E-state index contributed by atoms with van der Waals surface area (Å²) in [6, 6.07) is 0. The summed E-state index contributed by atoms with van der Waals surface area (Å²) in [5.41, 5.74) is -5.80. The smallest absolute Gasteiger partial charge is 0.316 e. The Labute approximate surface area is 203 Å². The molecule has 195 valence electrons. The molecule has 0 saturated carbocycles. The quantitative estimate of drug-likeness (QED) is 0.361. The van der Waals surface area contributed by atoms with Gasteiger partial charge < -0.3 is 10.2 Å². The Morgan fingerprint density at radius 3 is 0.818 bits per heavy atom. The third-order valence-corrected chi connectivity index (χ3v) is 4.70. The largest absolute Gasteiger partial charge is 0.481 e. The van der Waals surface area contributed by atoms with Crippen LogP contribution in [-0.2, 0) is 45.8 Å². The zero-order chi connectivity index (χ0) is 26.6. The second-order valence-electron chi connectivity index (χ2n) is 10.5. The van der Waals surface area contributed by atoms with Gasteiger partial charge in [0.2, 0.25) is 12.3 Å². The van der Waals surface area contributed by atoms with E-state index in [0.29, 0.717) is 0 Å². The van der Waals surface area contributed by atoms with E-state index in [-0.39, 0.29) is 17.1 Å². The number of carbonyl (C=O) groups excluding carboxylic acids is 4. The molecule has 0 aromatic rings. The van der Waals surface area contributed by atoms with Crippen LogP contribution in [0.1, 0.15) is 69.2 Å². The van der Waals surface area contributed by atoms with E-state index in [1.54, 1.807) is 0 Å². The Kier molecular flexibility index (Phi) is 12.9. The van der Waals surface area contributed by atoms with Crippen molar-refractivity contribution < 1.29 is 64.8 Å². The van der Waals surface area contributed by atoms with E-state index in [9.17, 15) is 37.5 Å². The van der Waals surface area contributed by atoms with Gasteiger partial charge in [-0.1, -0.05) is 41.5 Å². The van der Waals surface area contributed by atoms with E-state index < -0.39 is 69.1 Å². The van der Waals surface area contributed by atoms with Crippen molar-refractivity contribution in [1.82, 2.24) is 0 Å². The molecule has 1 radical (unpaired) electrons. The van der Waals surface area contributed by atoms with Gasteiger partial charge in [0.1, 0.15) is 10.8 Å². The van der Waals surface area contributed by atoms with E-state index in [1.165, 1.54) is 41.5 Å². The third kappa shape index (κ3) is 9.41. The van der Waals surface area contributed by atoms with Crippen LogP contribution in [0.4, 0.5) is 8.78 Å². The number of hydrogen-bond acceptors (Lipinski definition) is 6. The van der Waals surface area contributed by atoms with E-state index in [0.717, 1.165) is 27.7 Å². The van der Waals surface area contributed by atoms with Crippen LogP contribution >= 0.6 is 0 Å². The molecule has 0 spiro atoms. The predicted octanol–water partition coefficient (Wildman–Crippen LogP) is 3.24. The van der Waals surface area contributed by atoms with Gasteiger partial charge in [-0.05, 0) is 27.7 Å². The van der Waals surface area contributed by atoms with Gasteiger partial charge in [-0.25, -0.2) is 8.78 Å².